The minimum atomic E-state index is -0.610. The van der Waals surface area contributed by atoms with Crippen LogP contribution in [0.15, 0.2) is 83.3 Å². The maximum atomic E-state index is 12.9. The van der Waals surface area contributed by atoms with Gasteiger partial charge in [0.25, 0.3) is 5.91 Å². The Balaban J connectivity index is 1.53. The first-order chi connectivity index (χ1) is 15.4. The molecular formula is C25H23BrN2O4. The van der Waals surface area contributed by atoms with E-state index < -0.39 is 18.5 Å². The van der Waals surface area contributed by atoms with Gasteiger partial charge in [-0.25, -0.2) is 0 Å². The minimum Gasteiger partial charge on any atom is -0.456 e. The van der Waals surface area contributed by atoms with Crippen LogP contribution in [0.2, 0.25) is 0 Å². The van der Waals surface area contributed by atoms with Gasteiger partial charge in [-0.1, -0.05) is 52.3 Å². The summed E-state index contributed by atoms with van der Waals surface area (Å²) in [6.07, 6.45) is -0.171. The first kappa shape index (κ1) is 23.2. The fourth-order valence-electron chi connectivity index (χ4n) is 3.05. The van der Waals surface area contributed by atoms with Gasteiger partial charge in [0.15, 0.2) is 6.61 Å². The molecule has 1 N–H and O–H groups in total. The second-order valence-corrected chi connectivity index (χ2v) is 7.93. The average Bonchev–Trinajstić information content (AvgIpc) is 2.80. The fourth-order valence-corrected chi connectivity index (χ4v) is 3.30. The number of amides is 2. The van der Waals surface area contributed by atoms with Gasteiger partial charge in [0, 0.05) is 28.0 Å². The molecule has 3 aromatic carbocycles. The third-order valence-corrected chi connectivity index (χ3v) is 5.52. The van der Waals surface area contributed by atoms with E-state index in [1.165, 1.54) is 0 Å². The quantitative estimate of drug-likeness (QED) is 0.426. The molecule has 0 aliphatic heterocycles. The molecule has 0 bridgehead atoms. The van der Waals surface area contributed by atoms with E-state index in [2.05, 4.69) is 21.2 Å². The molecule has 3 rings (SSSR count). The summed E-state index contributed by atoms with van der Waals surface area (Å²) in [6, 6.07) is 23.8. The molecule has 0 atom stereocenters. The first-order valence-electron chi connectivity index (χ1n) is 10.1. The number of hydrogen-bond donors (Lipinski definition) is 1. The SMILES string of the molecule is Cc1cc(NC(=O)COC(=O)CCC(=O)N(c2ccccc2)c2ccccc2)ccc1Br. The second-order valence-electron chi connectivity index (χ2n) is 7.07. The van der Waals surface area contributed by atoms with E-state index in [1.807, 2.05) is 79.7 Å². The summed E-state index contributed by atoms with van der Waals surface area (Å²) >= 11 is 3.40. The lowest BCUT2D eigenvalue weighted by Gasteiger charge is -2.23. The van der Waals surface area contributed by atoms with Crippen molar-refractivity contribution in [1.29, 1.82) is 0 Å². The van der Waals surface area contributed by atoms with Gasteiger partial charge in [-0.05, 0) is 55.0 Å². The molecular weight excluding hydrogens is 472 g/mol. The molecule has 7 heteroatoms. The monoisotopic (exact) mass is 494 g/mol. The van der Waals surface area contributed by atoms with Crippen LogP contribution in [0.4, 0.5) is 17.1 Å². The van der Waals surface area contributed by atoms with Gasteiger partial charge in [-0.2, -0.15) is 0 Å². The summed E-state index contributed by atoms with van der Waals surface area (Å²) in [5.41, 5.74) is 3.01. The molecule has 0 aromatic heterocycles. The number of nitrogens with one attached hydrogen (secondary N) is 1. The standard InChI is InChI=1S/C25H23BrN2O4/c1-18-16-19(12-13-22(18)26)27-23(29)17-32-25(31)15-14-24(30)28(20-8-4-2-5-9-20)21-10-6-3-7-11-21/h2-13,16H,14-15,17H2,1H3,(H,27,29). The van der Waals surface area contributed by atoms with E-state index in [9.17, 15) is 14.4 Å². The van der Waals surface area contributed by atoms with E-state index in [1.54, 1.807) is 11.0 Å². The Kier molecular flexibility index (Phi) is 8.16. The summed E-state index contributed by atoms with van der Waals surface area (Å²) in [5.74, 6) is -1.29. The van der Waals surface area contributed by atoms with Crippen LogP contribution < -0.4 is 10.2 Å². The summed E-state index contributed by atoms with van der Waals surface area (Å²) in [4.78, 5) is 38.7. The van der Waals surface area contributed by atoms with Crippen LogP contribution in [0.1, 0.15) is 18.4 Å². The van der Waals surface area contributed by atoms with Crippen LogP contribution in [0.3, 0.4) is 0 Å². The number of aryl methyl sites for hydroxylation is 1. The van der Waals surface area contributed by atoms with Gasteiger partial charge in [0.1, 0.15) is 0 Å². The number of carbonyl (C=O) groups excluding carboxylic acids is 3. The van der Waals surface area contributed by atoms with Crippen LogP contribution in [-0.2, 0) is 19.1 Å². The van der Waals surface area contributed by atoms with Gasteiger partial charge in [0.05, 0.1) is 6.42 Å². The maximum Gasteiger partial charge on any atom is 0.306 e. The minimum absolute atomic E-state index is 0.0455. The predicted octanol–water partition coefficient (Wildman–Crippen LogP) is 5.38. The number of carbonyl (C=O) groups is 3. The summed E-state index contributed by atoms with van der Waals surface area (Å²) < 4.78 is 5.98. The van der Waals surface area contributed by atoms with Crippen LogP contribution in [0.5, 0.6) is 0 Å². The van der Waals surface area contributed by atoms with Crippen molar-refractivity contribution in [1.82, 2.24) is 0 Å². The van der Waals surface area contributed by atoms with Crippen LogP contribution in [0, 0.1) is 6.92 Å². The molecule has 32 heavy (non-hydrogen) atoms. The number of halogens is 1. The first-order valence-corrected chi connectivity index (χ1v) is 10.9. The van der Waals surface area contributed by atoms with Gasteiger partial charge in [-0.3, -0.25) is 19.3 Å². The highest BCUT2D eigenvalue weighted by Gasteiger charge is 2.19. The van der Waals surface area contributed by atoms with Crippen molar-refractivity contribution in [3.8, 4) is 0 Å². The van der Waals surface area contributed by atoms with Gasteiger partial charge < -0.3 is 10.1 Å². The summed E-state index contributed by atoms with van der Waals surface area (Å²) in [5, 5.41) is 2.68. The zero-order valence-corrected chi connectivity index (χ0v) is 19.2. The number of rotatable bonds is 8. The molecule has 164 valence electrons. The average molecular weight is 495 g/mol. The highest BCUT2D eigenvalue weighted by Crippen LogP contribution is 2.26. The van der Waals surface area contributed by atoms with Gasteiger partial charge in [-0.15, -0.1) is 0 Å². The Labute approximate surface area is 195 Å². The van der Waals surface area contributed by atoms with Crippen LogP contribution >= 0.6 is 15.9 Å². The van der Waals surface area contributed by atoms with Crippen molar-refractivity contribution in [3.05, 3.63) is 88.9 Å². The number of hydrogen-bond acceptors (Lipinski definition) is 4. The van der Waals surface area contributed by atoms with Gasteiger partial charge >= 0.3 is 5.97 Å². The molecule has 0 aliphatic carbocycles. The normalized spacial score (nSPS) is 10.3. The van der Waals surface area contributed by atoms with E-state index in [0.717, 1.165) is 10.0 Å². The highest BCUT2D eigenvalue weighted by molar-refractivity contribution is 9.10. The smallest absolute Gasteiger partial charge is 0.306 e. The highest BCUT2D eigenvalue weighted by atomic mass is 79.9. The molecule has 0 radical (unpaired) electrons. The zero-order chi connectivity index (χ0) is 22.9. The lowest BCUT2D eigenvalue weighted by molar-refractivity contribution is -0.148. The topological polar surface area (TPSA) is 75.7 Å². The summed E-state index contributed by atoms with van der Waals surface area (Å²) in [6.45, 7) is 1.49. The van der Waals surface area contributed by atoms with E-state index in [4.69, 9.17) is 4.74 Å². The van der Waals surface area contributed by atoms with Crippen LogP contribution in [0.25, 0.3) is 0 Å². The molecule has 0 heterocycles. The molecule has 0 fully saturated rings. The zero-order valence-electron chi connectivity index (χ0n) is 17.6. The Bertz CT molecular complexity index is 1050. The molecule has 0 spiro atoms. The maximum absolute atomic E-state index is 12.9. The Hall–Kier alpha value is -3.45. The van der Waals surface area contributed by atoms with Crippen molar-refractivity contribution in [3.63, 3.8) is 0 Å². The molecule has 0 aliphatic rings. The fraction of sp³-hybridized carbons (Fsp3) is 0.160. The van der Waals surface area contributed by atoms with Crippen LogP contribution in [-0.4, -0.2) is 24.4 Å². The molecule has 2 amide bonds. The number of anilines is 3. The Morgan fingerprint density at radius 2 is 1.47 bits per heavy atom. The second kappa shape index (κ2) is 11.2. The van der Waals surface area contributed by atoms with Crippen molar-refractivity contribution in [2.75, 3.05) is 16.8 Å². The molecule has 0 saturated carbocycles. The number of esters is 1. The Morgan fingerprint density at radius 1 is 0.875 bits per heavy atom. The van der Waals surface area contributed by atoms with E-state index in [-0.39, 0.29) is 18.7 Å². The number of para-hydroxylation sites is 2. The van der Waals surface area contributed by atoms with Crippen molar-refractivity contribution < 1.29 is 19.1 Å². The largest absolute Gasteiger partial charge is 0.456 e. The number of ether oxygens (including phenoxy) is 1. The summed E-state index contributed by atoms with van der Waals surface area (Å²) in [7, 11) is 0. The third kappa shape index (κ3) is 6.52. The van der Waals surface area contributed by atoms with Crippen molar-refractivity contribution in [2.45, 2.75) is 19.8 Å². The van der Waals surface area contributed by atoms with E-state index >= 15 is 0 Å². The molecule has 0 unspecified atom stereocenters. The molecule has 6 nitrogen and oxygen atoms in total. The molecule has 0 saturated heterocycles. The third-order valence-electron chi connectivity index (χ3n) is 4.63. The molecule has 3 aromatic rings. The van der Waals surface area contributed by atoms with Crippen molar-refractivity contribution in [2.24, 2.45) is 0 Å². The van der Waals surface area contributed by atoms with Gasteiger partial charge in [0.2, 0.25) is 5.91 Å². The van der Waals surface area contributed by atoms with E-state index in [0.29, 0.717) is 17.1 Å². The number of nitrogens with zero attached hydrogens (tertiary/aromatic N) is 1. The number of benzene rings is 3. The Morgan fingerprint density at radius 3 is 2.03 bits per heavy atom. The predicted molar refractivity (Wildman–Crippen MR) is 128 cm³/mol. The van der Waals surface area contributed by atoms with Crippen molar-refractivity contribution >= 4 is 50.8 Å². The lowest BCUT2D eigenvalue weighted by atomic mass is 10.2. The lowest BCUT2D eigenvalue weighted by Crippen LogP contribution is -2.27.